The van der Waals surface area contributed by atoms with Crippen molar-refractivity contribution < 1.29 is 23.9 Å². The molecule has 2 amide bonds. The van der Waals surface area contributed by atoms with Crippen molar-refractivity contribution in [3.63, 3.8) is 0 Å². The fourth-order valence-electron chi connectivity index (χ4n) is 3.91. The second-order valence-corrected chi connectivity index (χ2v) is 7.61. The summed E-state index contributed by atoms with van der Waals surface area (Å²) in [6, 6.07) is 8.17. The number of amides is 2. The molecule has 1 aromatic rings. The molecule has 158 valence electrons. The molecular formula is C22H30N2O5. The highest BCUT2D eigenvalue weighted by Crippen LogP contribution is 2.31. The molecule has 2 aliphatic rings. The molecule has 1 heterocycles. The third kappa shape index (κ3) is 5.73. The molecular weight excluding hydrogens is 372 g/mol. The van der Waals surface area contributed by atoms with E-state index in [1.807, 2.05) is 12.1 Å². The normalized spacial score (nSPS) is 20.0. The molecule has 0 spiro atoms. The van der Waals surface area contributed by atoms with Crippen molar-refractivity contribution >= 4 is 17.6 Å². The lowest BCUT2D eigenvalue weighted by atomic mass is 9.86. The van der Waals surface area contributed by atoms with Crippen molar-refractivity contribution in [3.8, 4) is 5.75 Å². The molecule has 0 radical (unpaired) electrons. The highest BCUT2D eigenvalue weighted by molar-refractivity contribution is 5.79. The van der Waals surface area contributed by atoms with Crippen molar-refractivity contribution in [2.75, 3.05) is 33.9 Å². The van der Waals surface area contributed by atoms with Gasteiger partial charge in [-0.2, -0.15) is 0 Å². The Labute approximate surface area is 171 Å². The molecule has 1 unspecified atom stereocenters. The molecule has 7 heteroatoms. The van der Waals surface area contributed by atoms with Gasteiger partial charge in [0.1, 0.15) is 5.75 Å². The summed E-state index contributed by atoms with van der Waals surface area (Å²) in [5.74, 6) is 1.24. The molecule has 1 fully saturated rings. The number of piperidine rings is 1. The first-order valence-electron chi connectivity index (χ1n) is 10.2. The molecule has 1 aliphatic carbocycles. The van der Waals surface area contributed by atoms with Crippen LogP contribution in [0.2, 0.25) is 0 Å². The summed E-state index contributed by atoms with van der Waals surface area (Å²) in [4.78, 5) is 29.8. The third-order valence-electron chi connectivity index (χ3n) is 5.74. The summed E-state index contributed by atoms with van der Waals surface area (Å²) >= 11 is 0. The van der Waals surface area contributed by atoms with Gasteiger partial charge in [0.15, 0.2) is 0 Å². The zero-order valence-electron chi connectivity index (χ0n) is 17.2. The zero-order valence-corrected chi connectivity index (χ0v) is 17.2. The molecule has 0 bridgehead atoms. The maximum absolute atomic E-state index is 11.8. The highest BCUT2D eigenvalue weighted by Gasteiger charge is 2.24. The molecule has 1 N–H and O–H groups in total. The van der Waals surface area contributed by atoms with Crippen LogP contribution < -0.4 is 10.2 Å². The van der Waals surface area contributed by atoms with Gasteiger partial charge < -0.3 is 14.4 Å². The van der Waals surface area contributed by atoms with Crippen LogP contribution in [-0.2, 0) is 14.4 Å². The Kier molecular flexibility index (Phi) is 7.52. The van der Waals surface area contributed by atoms with Gasteiger partial charge in [-0.25, -0.2) is 10.3 Å². The van der Waals surface area contributed by atoms with E-state index in [1.54, 1.807) is 4.90 Å². The molecule has 1 saturated heterocycles. The predicted octanol–water partition coefficient (Wildman–Crippen LogP) is 3.40. The van der Waals surface area contributed by atoms with Crippen molar-refractivity contribution in [2.45, 2.75) is 32.1 Å². The van der Waals surface area contributed by atoms with E-state index in [0.29, 0.717) is 12.5 Å². The summed E-state index contributed by atoms with van der Waals surface area (Å²) in [6.07, 6.45) is 6.18. The van der Waals surface area contributed by atoms with Crippen LogP contribution >= 0.6 is 0 Å². The molecule has 0 aromatic heterocycles. The van der Waals surface area contributed by atoms with Gasteiger partial charge in [-0.3, -0.25) is 9.63 Å². The van der Waals surface area contributed by atoms with Crippen molar-refractivity contribution in [1.29, 1.82) is 0 Å². The number of hydrogen-bond acceptors (Lipinski definition) is 5. The van der Waals surface area contributed by atoms with Crippen molar-refractivity contribution in [3.05, 3.63) is 35.9 Å². The Hall–Kier alpha value is -2.54. The van der Waals surface area contributed by atoms with Gasteiger partial charge in [0, 0.05) is 19.0 Å². The van der Waals surface area contributed by atoms with Crippen LogP contribution in [0, 0.1) is 11.8 Å². The minimum absolute atomic E-state index is 0.0214. The van der Waals surface area contributed by atoms with Crippen LogP contribution in [0.4, 0.5) is 4.79 Å². The average molecular weight is 402 g/mol. The van der Waals surface area contributed by atoms with Gasteiger partial charge in [0.25, 0.3) is 0 Å². The Morgan fingerprint density at radius 2 is 1.83 bits per heavy atom. The van der Waals surface area contributed by atoms with Gasteiger partial charge in [-0.05, 0) is 61.3 Å². The largest absolute Gasteiger partial charge is 0.493 e. The number of allylic oxidation sites excluding steroid dienone is 2. The van der Waals surface area contributed by atoms with Gasteiger partial charge >= 0.3 is 6.09 Å². The maximum atomic E-state index is 11.8. The number of benzene rings is 1. The van der Waals surface area contributed by atoms with E-state index in [9.17, 15) is 9.59 Å². The molecule has 1 aromatic carbocycles. The number of ether oxygens (including phenoxy) is 2. The Morgan fingerprint density at radius 3 is 2.41 bits per heavy atom. The van der Waals surface area contributed by atoms with Crippen LogP contribution in [0.3, 0.4) is 0 Å². The van der Waals surface area contributed by atoms with Gasteiger partial charge in [0.2, 0.25) is 5.91 Å². The fourth-order valence-corrected chi connectivity index (χ4v) is 3.91. The number of carbonyl (C=O) groups excluding carboxylic acids is 2. The second-order valence-electron chi connectivity index (χ2n) is 7.61. The smallest absolute Gasteiger partial charge is 0.409 e. The molecule has 3 rings (SSSR count). The topological polar surface area (TPSA) is 77.1 Å². The fraction of sp³-hybridized carbons (Fsp3) is 0.545. The quantitative estimate of drug-likeness (QED) is 0.738. The van der Waals surface area contributed by atoms with Gasteiger partial charge in [-0.15, -0.1) is 0 Å². The SMILES string of the molecule is CONC(=O)C1CC=C(c2ccc(OCC3CCN(C(=O)OC)CC3)cc2)CC1. The van der Waals surface area contributed by atoms with Crippen LogP contribution in [0.15, 0.2) is 30.3 Å². The number of nitrogens with zero attached hydrogens (tertiary/aromatic N) is 1. The molecule has 7 nitrogen and oxygen atoms in total. The molecule has 1 aliphatic heterocycles. The van der Waals surface area contributed by atoms with Crippen LogP contribution in [0.25, 0.3) is 5.57 Å². The molecule has 1 atom stereocenters. The van der Waals surface area contributed by atoms with E-state index in [4.69, 9.17) is 14.3 Å². The summed E-state index contributed by atoms with van der Waals surface area (Å²) in [5, 5.41) is 0. The monoisotopic (exact) mass is 402 g/mol. The summed E-state index contributed by atoms with van der Waals surface area (Å²) in [6.45, 7) is 2.10. The van der Waals surface area contributed by atoms with Crippen LogP contribution in [-0.4, -0.2) is 50.8 Å². The lowest BCUT2D eigenvalue weighted by molar-refractivity contribution is -0.135. The number of nitrogens with one attached hydrogen (secondary N) is 1. The summed E-state index contributed by atoms with van der Waals surface area (Å²) in [7, 11) is 2.87. The number of methoxy groups -OCH3 is 1. The predicted molar refractivity (Wildman–Crippen MR) is 109 cm³/mol. The van der Waals surface area contributed by atoms with Crippen LogP contribution in [0.5, 0.6) is 5.75 Å². The Balaban J connectivity index is 1.45. The zero-order chi connectivity index (χ0) is 20.6. The number of hydrogen-bond donors (Lipinski definition) is 1. The lowest BCUT2D eigenvalue weighted by Gasteiger charge is -2.30. The Bertz CT molecular complexity index is 723. The maximum Gasteiger partial charge on any atom is 0.409 e. The minimum atomic E-state index is -0.248. The first kappa shape index (κ1) is 21.2. The Morgan fingerprint density at radius 1 is 1.10 bits per heavy atom. The average Bonchev–Trinajstić information content (AvgIpc) is 2.78. The van der Waals surface area contributed by atoms with E-state index < -0.39 is 0 Å². The highest BCUT2D eigenvalue weighted by atomic mass is 16.6. The summed E-state index contributed by atoms with van der Waals surface area (Å²) < 4.78 is 10.7. The van der Waals surface area contributed by atoms with E-state index in [2.05, 4.69) is 23.7 Å². The number of carbonyl (C=O) groups is 2. The minimum Gasteiger partial charge on any atom is -0.493 e. The number of likely N-dealkylation sites (tertiary alicyclic amines) is 1. The molecule has 0 saturated carbocycles. The number of rotatable bonds is 6. The van der Waals surface area contributed by atoms with Crippen molar-refractivity contribution in [1.82, 2.24) is 10.4 Å². The van der Waals surface area contributed by atoms with Crippen LogP contribution in [0.1, 0.15) is 37.7 Å². The van der Waals surface area contributed by atoms with E-state index >= 15 is 0 Å². The summed E-state index contributed by atoms with van der Waals surface area (Å²) in [5.41, 5.74) is 4.87. The third-order valence-corrected chi connectivity index (χ3v) is 5.74. The lowest BCUT2D eigenvalue weighted by Crippen LogP contribution is -2.39. The van der Waals surface area contributed by atoms with E-state index in [0.717, 1.165) is 50.9 Å². The first-order chi connectivity index (χ1) is 14.1. The second kappa shape index (κ2) is 10.3. The first-order valence-corrected chi connectivity index (χ1v) is 10.2. The molecule has 29 heavy (non-hydrogen) atoms. The van der Waals surface area contributed by atoms with Crippen molar-refractivity contribution in [2.24, 2.45) is 11.8 Å². The van der Waals surface area contributed by atoms with Gasteiger partial charge in [-0.1, -0.05) is 18.2 Å². The van der Waals surface area contributed by atoms with Gasteiger partial charge in [0.05, 0.1) is 20.8 Å². The van der Waals surface area contributed by atoms with E-state index in [-0.39, 0.29) is 17.9 Å². The number of hydroxylamine groups is 1. The standard InChI is InChI=1S/C22H30N2O5/c1-27-22(26)24-13-11-16(12-14-24)15-29-20-9-7-18(8-10-20)17-3-5-19(6-4-17)21(25)23-28-2/h3,7-10,16,19H,4-6,11-15H2,1-2H3,(H,23,25). The van der Waals surface area contributed by atoms with E-state index in [1.165, 1.54) is 25.4 Å².